The van der Waals surface area contributed by atoms with Crippen molar-refractivity contribution >= 4 is 17.3 Å². The lowest BCUT2D eigenvalue weighted by molar-refractivity contribution is -0.384. The number of nitro benzene ring substituents is 1. The van der Waals surface area contributed by atoms with Gasteiger partial charge in [0, 0.05) is 23.3 Å². The van der Waals surface area contributed by atoms with Gasteiger partial charge < -0.3 is 9.30 Å². The van der Waals surface area contributed by atoms with Crippen LogP contribution in [0.2, 0.25) is 5.02 Å². The van der Waals surface area contributed by atoms with Crippen molar-refractivity contribution in [1.29, 1.82) is 0 Å². The molecule has 1 heterocycles. The van der Waals surface area contributed by atoms with E-state index >= 15 is 0 Å². The summed E-state index contributed by atoms with van der Waals surface area (Å²) in [5.41, 5.74) is 2.90. The second-order valence-corrected chi connectivity index (χ2v) is 8.19. The average molecular weight is 483 g/mol. The molecule has 0 radical (unpaired) electrons. The van der Waals surface area contributed by atoms with Crippen LogP contribution in [0.25, 0.3) is 22.8 Å². The molecule has 0 aliphatic carbocycles. The monoisotopic (exact) mass is 482 g/mol. The molecule has 0 saturated heterocycles. The molecular formula is C27H19ClN4O3. The molecule has 172 valence electrons. The Labute approximate surface area is 206 Å². The van der Waals surface area contributed by atoms with E-state index in [4.69, 9.17) is 16.3 Å². The molecule has 5 rings (SSSR count). The van der Waals surface area contributed by atoms with E-state index in [0.717, 1.165) is 28.3 Å². The highest BCUT2D eigenvalue weighted by Crippen LogP contribution is 2.33. The van der Waals surface area contributed by atoms with E-state index in [1.807, 2.05) is 84.9 Å². The summed E-state index contributed by atoms with van der Waals surface area (Å²) in [7, 11) is 0. The zero-order valence-corrected chi connectivity index (χ0v) is 19.2. The molecule has 5 aromatic rings. The van der Waals surface area contributed by atoms with Gasteiger partial charge in [-0.3, -0.25) is 10.1 Å². The zero-order chi connectivity index (χ0) is 24.2. The Hall–Kier alpha value is -4.49. The third-order valence-electron chi connectivity index (χ3n) is 5.43. The summed E-state index contributed by atoms with van der Waals surface area (Å²) in [6.07, 6.45) is 0. The lowest BCUT2D eigenvalue weighted by Crippen LogP contribution is -2.04. The summed E-state index contributed by atoms with van der Waals surface area (Å²) in [5.74, 6) is 2.48. The van der Waals surface area contributed by atoms with Crippen LogP contribution in [0.1, 0.15) is 5.56 Å². The van der Waals surface area contributed by atoms with Crippen molar-refractivity contribution in [3.63, 3.8) is 0 Å². The molecule has 0 amide bonds. The van der Waals surface area contributed by atoms with E-state index < -0.39 is 4.92 Å². The van der Waals surface area contributed by atoms with Crippen LogP contribution in [0, 0.1) is 10.1 Å². The number of benzene rings is 4. The first-order valence-electron chi connectivity index (χ1n) is 10.8. The third kappa shape index (κ3) is 4.90. The van der Waals surface area contributed by atoms with Gasteiger partial charge in [-0.25, -0.2) is 0 Å². The van der Waals surface area contributed by atoms with Crippen molar-refractivity contribution < 1.29 is 9.66 Å². The van der Waals surface area contributed by atoms with Crippen LogP contribution in [0.3, 0.4) is 0 Å². The van der Waals surface area contributed by atoms with Gasteiger partial charge in [0.15, 0.2) is 11.6 Å². The first-order valence-corrected chi connectivity index (χ1v) is 11.2. The minimum atomic E-state index is -0.497. The molecule has 0 aliphatic rings. The van der Waals surface area contributed by atoms with Crippen molar-refractivity contribution in [2.24, 2.45) is 0 Å². The predicted molar refractivity (Wildman–Crippen MR) is 135 cm³/mol. The number of ether oxygens (including phenoxy) is 1. The summed E-state index contributed by atoms with van der Waals surface area (Å²) in [5, 5.41) is 20.1. The smallest absolute Gasteiger partial charge is 0.271 e. The van der Waals surface area contributed by atoms with Crippen LogP contribution in [0.5, 0.6) is 11.5 Å². The van der Waals surface area contributed by atoms with Gasteiger partial charge in [-0.05, 0) is 23.8 Å². The maximum atomic E-state index is 10.9. The molecule has 4 aromatic carbocycles. The van der Waals surface area contributed by atoms with Crippen molar-refractivity contribution in [3.8, 4) is 34.3 Å². The lowest BCUT2D eigenvalue weighted by atomic mass is 10.1. The van der Waals surface area contributed by atoms with E-state index in [2.05, 4.69) is 14.8 Å². The van der Waals surface area contributed by atoms with Gasteiger partial charge in [-0.2, -0.15) is 0 Å². The van der Waals surface area contributed by atoms with Crippen molar-refractivity contribution in [2.45, 2.75) is 6.54 Å². The van der Waals surface area contributed by atoms with Gasteiger partial charge >= 0.3 is 0 Å². The topological polar surface area (TPSA) is 83.1 Å². The molecule has 0 atom stereocenters. The third-order valence-corrected chi connectivity index (χ3v) is 5.73. The van der Waals surface area contributed by atoms with Crippen molar-refractivity contribution in [1.82, 2.24) is 14.8 Å². The van der Waals surface area contributed by atoms with Crippen LogP contribution in [0.15, 0.2) is 103 Å². The zero-order valence-electron chi connectivity index (χ0n) is 18.4. The fraction of sp³-hybridized carbons (Fsp3) is 0.0370. The predicted octanol–water partition coefficient (Wildman–Crippen LogP) is 7.01. The SMILES string of the molecule is O=[N+]([O-])c1ccc(Oc2ccc(Cn3c(-c4ccccc4)nnc3-c3ccccc3)cc2)c(Cl)c1. The maximum absolute atomic E-state index is 10.9. The summed E-state index contributed by atoms with van der Waals surface area (Å²) in [6.45, 7) is 0.556. The normalized spacial score (nSPS) is 10.8. The minimum absolute atomic E-state index is 0.0879. The second-order valence-electron chi connectivity index (χ2n) is 7.78. The highest BCUT2D eigenvalue weighted by Gasteiger charge is 2.16. The summed E-state index contributed by atoms with van der Waals surface area (Å²) in [6, 6.07) is 31.6. The van der Waals surface area contributed by atoms with E-state index in [-0.39, 0.29) is 10.7 Å². The minimum Gasteiger partial charge on any atom is -0.456 e. The molecule has 0 aliphatic heterocycles. The van der Waals surface area contributed by atoms with E-state index in [9.17, 15) is 10.1 Å². The van der Waals surface area contributed by atoms with Crippen LogP contribution < -0.4 is 4.74 Å². The molecule has 7 nitrogen and oxygen atoms in total. The van der Waals surface area contributed by atoms with Gasteiger partial charge in [-0.1, -0.05) is 84.4 Å². The Kier molecular flexibility index (Phi) is 6.24. The number of hydrogen-bond acceptors (Lipinski definition) is 5. The highest BCUT2D eigenvalue weighted by atomic mass is 35.5. The van der Waals surface area contributed by atoms with E-state index in [1.54, 1.807) is 0 Å². The Bertz CT molecular complexity index is 1410. The van der Waals surface area contributed by atoms with E-state index in [1.165, 1.54) is 18.2 Å². The largest absolute Gasteiger partial charge is 0.456 e. The number of nitrogens with zero attached hydrogens (tertiary/aromatic N) is 4. The van der Waals surface area contributed by atoms with Gasteiger partial charge in [0.1, 0.15) is 11.5 Å². The quantitative estimate of drug-likeness (QED) is 0.184. The number of rotatable bonds is 7. The molecule has 1 aromatic heterocycles. The van der Waals surface area contributed by atoms with Crippen LogP contribution in [-0.2, 0) is 6.54 Å². The summed E-state index contributed by atoms with van der Waals surface area (Å²) < 4.78 is 7.93. The number of aromatic nitrogens is 3. The van der Waals surface area contributed by atoms with Crippen LogP contribution in [-0.4, -0.2) is 19.7 Å². The number of non-ortho nitro benzene ring substituents is 1. The first kappa shape index (κ1) is 22.3. The van der Waals surface area contributed by atoms with Gasteiger partial charge in [0.25, 0.3) is 5.69 Å². The number of nitro groups is 1. The second kappa shape index (κ2) is 9.79. The van der Waals surface area contributed by atoms with Crippen molar-refractivity contribution in [2.75, 3.05) is 0 Å². The van der Waals surface area contributed by atoms with Crippen LogP contribution in [0.4, 0.5) is 5.69 Å². The van der Waals surface area contributed by atoms with Gasteiger partial charge in [-0.15, -0.1) is 10.2 Å². The maximum Gasteiger partial charge on any atom is 0.271 e. The van der Waals surface area contributed by atoms with Crippen molar-refractivity contribution in [3.05, 3.63) is 124 Å². The molecular weight excluding hydrogens is 464 g/mol. The molecule has 0 fully saturated rings. The van der Waals surface area contributed by atoms with Gasteiger partial charge in [0.2, 0.25) is 0 Å². The summed E-state index contributed by atoms with van der Waals surface area (Å²) in [4.78, 5) is 10.4. The van der Waals surface area contributed by atoms with E-state index in [0.29, 0.717) is 18.0 Å². The number of halogens is 1. The molecule has 0 bridgehead atoms. The Morgan fingerprint density at radius 2 is 1.37 bits per heavy atom. The molecule has 0 N–H and O–H groups in total. The molecule has 35 heavy (non-hydrogen) atoms. The molecule has 0 unspecified atom stereocenters. The fourth-order valence-corrected chi connectivity index (χ4v) is 3.93. The Morgan fingerprint density at radius 1 is 0.800 bits per heavy atom. The molecule has 0 saturated carbocycles. The fourth-order valence-electron chi connectivity index (χ4n) is 3.71. The average Bonchev–Trinajstić information content (AvgIpc) is 3.30. The molecule has 8 heteroatoms. The summed E-state index contributed by atoms with van der Waals surface area (Å²) >= 11 is 6.15. The first-order chi connectivity index (χ1) is 17.1. The van der Waals surface area contributed by atoms with Crippen LogP contribution >= 0.6 is 11.6 Å². The highest BCUT2D eigenvalue weighted by molar-refractivity contribution is 6.32. The molecule has 0 spiro atoms. The lowest BCUT2D eigenvalue weighted by Gasteiger charge is -2.12. The Morgan fingerprint density at radius 3 is 1.89 bits per heavy atom. The standard InChI is InChI=1S/C27H19ClN4O3/c28-24-17-22(32(33)34)13-16-25(24)35-23-14-11-19(12-15-23)18-31-26(20-7-3-1-4-8-20)29-30-27(31)21-9-5-2-6-10-21/h1-17H,18H2. The van der Waals surface area contributed by atoms with Gasteiger partial charge in [0.05, 0.1) is 16.5 Å². The number of hydrogen-bond donors (Lipinski definition) is 0. The Balaban J connectivity index is 1.42.